The number of hydrogen-bond donors (Lipinski definition) is 3. The average molecular weight is 1150 g/mol. The van der Waals surface area contributed by atoms with E-state index in [9.17, 15) is 31.9 Å². The lowest BCUT2D eigenvalue weighted by Gasteiger charge is -2.40. The van der Waals surface area contributed by atoms with Gasteiger partial charge in [0.05, 0.1) is 9.50 Å². The van der Waals surface area contributed by atoms with Gasteiger partial charge in [0.2, 0.25) is 48.4 Å². The van der Waals surface area contributed by atoms with Crippen molar-refractivity contribution < 1.29 is 31.9 Å². The van der Waals surface area contributed by atoms with Crippen molar-refractivity contribution in [2.45, 2.75) is 172 Å². The first kappa shape index (κ1) is 59.2. The molecule has 0 aliphatic heterocycles. The van der Waals surface area contributed by atoms with E-state index in [2.05, 4.69) is 68.7 Å². The molecule has 0 saturated heterocycles. The van der Waals surface area contributed by atoms with Gasteiger partial charge in [-0.15, -0.1) is 0 Å². The zero-order valence-corrected chi connectivity index (χ0v) is 47.8. The molecule has 400 valence electrons. The first-order chi connectivity index (χ1) is 33.3. The number of alkyl halides is 4. The fourth-order valence-electron chi connectivity index (χ4n) is 7.89. The van der Waals surface area contributed by atoms with Gasteiger partial charge < -0.3 is 0 Å². The van der Waals surface area contributed by atoms with Crippen LogP contribution in [0.3, 0.4) is 0 Å². The Morgan fingerprint density at radius 3 is 1.49 bits per heavy atom. The quantitative estimate of drug-likeness (QED) is 0.0841. The van der Waals surface area contributed by atoms with Crippen molar-refractivity contribution in [2.75, 3.05) is 16.0 Å². The molecule has 7 rings (SSSR count). The number of carbonyl (C=O) groups excluding carboxylic acids is 3. The maximum Gasteiger partial charge on any atom is 0.244 e. The number of nitrogens with zero attached hydrogens (tertiary/aromatic N) is 9. The SMILES string of the molecule is CC(C)(C)CC(=O)Nc1nc2cc(Br)c(Cl)nc2n1C1(C)CCC1.CC(C)(CC(=O)Nc1nc2cc(Cl)c(Cl)nc2n1C(C)(C)C)C(F)F.Cc1ccc2nc(NC(=O)CC(C)(C)C(F)F)n(C(C)(C)C)c2n1. The van der Waals surface area contributed by atoms with Gasteiger partial charge in [-0.05, 0) is 120 Å². The minimum atomic E-state index is -2.61. The number of carbonyl (C=O) groups is 3. The topological polar surface area (TPSA) is 179 Å². The summed E-state index contributed by atoms with van der Waals surface area (Å²) < 4.78 is 58.2. The van der Waals surface area contributed by atoms with Crippen molar-refractivity contribution in [2.24, 2.45) is 16.2 Å². The van der Waals surface area contributed by atoms with Crippen LogP contribution in [-0.2, 0) is 31.0 Å². The van der Waals surface area contributed by atoms with Crippen LogP contribution in [0.1, 0.15) is 141 Å². The van der Waals surface area contributed by atoms with E-state index in [-0.39, 0.29) is 51.4 Å². The molecule has 3 N–H and O–H groups in total. The summed E-state index contributed by atoms with van der Waals surface area (Å²) in [5, 5.41) is 9.03. The van der Waals surface area contributed by atoms with Gasteiger partial charge in [-0.1, -0.05) is 83.3 Å². The third kappa shape index (κ3) is 14.4. The van der Waals surface area contributed by atoms with Crippen LogP contribution in [0.5, 0.6) is 0 Å². The molecule has 1 saturated carbocycles. The molecule has 0 atom stereocenters. The molecule has 6 aromatic rings. The Morgan fingerprint density at radius 2 is 1.04 bits per heavy atom. The monoisotopic (exact) mass is 1140 g/mol. The molecule has 1 fully saturated rings. The van der Waals surface area contributed by atoms with E-state index >= 15 is 0 Å². The number of fused-ring (bicyclic) bond motifs is 3. The highest BCUT2D eigenvalue weighted by Crippen LogP contribution is 2.44. The number of nitrogens with one attached hydrogen (secondary N) is 3. The summed E-state index contributed by atoms with van der Waals surface area (Å²) in [5.74, 6) is 0.0189. The lowest BCUT2D eigenvalue weighted by atomic mass is 9.78. The molecule has 0 spiro atoms. The van der Waals surface area contributed by atoms with E-state index in [1.165, 1.54) is 27.7 Å². The summed E-state index contributed by atoms with van der Waals surface area (Å²) in [4.78, 5) is 63.5. The summed E-state index contributed by atoms with van der Waals surface area (Å²) in [6, 6.07) is 7.07. The smallest absolute Gasteiger partial charge is 0.244 e. The summed E-state index contributed by atoms with van der Waals surface area (Å²) >= 11 is 21.5. The molecule has 73 heavy (non-hydrogen) atoms. The summed E-state index contributed by atoms with van der Waals surface area (Å²) in [5.41, 5.74) is 0.644. The van der Waals surface area contributed by atoms with Crippen molar-refractivity contribution in [3.8, 4) is 0 Å². The third-order valence-electron chi connectivity index (χ3n) is 11.9. The third-order valence-corrected chi connectivity index (χ3v) is 13.7. The molecule has 23 heteroatoms. The Bertz CT molecular complexity index is 3020. The van der Waals surface area contributed by atoms with E-state index < -0.39 is 41.0 Å². The van der Waals surface area contributed by atoms with E-state index in [1.54, 1.807) is 10.6 Å². The van der Waals surface area contributed by atoms with Gasteiger partial charge in [-0.25, -0.2) is 47.5 Å². The summed E-state index contributed by atoms with van der Waals surface area (Å²) in [7, 11) is 0. The van der Waals surface area contributed by atoms with Crippen molar-refractivity contribution in [3.05, 3.63) is 49.8 Å². The van der Waals surface area contributed by atoms with Gasteiger partial charge in [0.1, 0.15) is 26.9 Å². The van der Waals surface area contributed by atoms with Crippen LogP contribution in [0.4, 0.5) is 35.4 Å². The molecule has 3 amide bonds. The number of aromatic nitrogens is 9. The maximum absolute atomic E-state index is 13.0. The summed E-state index contributed by atoms with van der Waals surface area (Å²) in [6.45, 7) is 27.2. The van der Waals surface area contributed by atoms with Gasteiger partial charge in [0.25, 0.3) is 0 Å². The number of anilines is 3. The van der Waals surface area contributed by atoms with Crippen LogP contribution in [0, 0.1) is 23.2 Å². The first-order valence-corrected chi connectivity index (χ1v) is 25.6. The van der Waals surface area contributed by atoms with Gasteiger partial charge in [0, 0.05) is 52.4 Å². The van der Waals surface area contributed by atoms with Crippen LogP contribution in [0.15, 0.2) is 28.7 Å². The number of pyridine rings is 3. The Morgan fingerprint density at radius 1 is 0.616 bits per heavy atom. The number of hydrogen-bond acceptors (Lipinski definition) is 9. The van der Waals surface area contributed by atoms with Crippen LogP contribution in [0.2, 0.25) is 15.3 Å². The standard InChI is InChI=1S/C17H22BrClN4O.C17H24F2N4O.C16H20Cl2F2N4O/c1-16(2,3)9-12(24)21-15-20-11-8-10(18)13(19)22-14(11)23(15)17(4)6-5-7-17;1-10-7-8-11-13(20-10)23(16(2,3)4)15(21-11)22-12(24)9-17(5,6)14(18)19;1-15(2,3)24-12-9(6-8(17)11(18)23-12)21-14(24)22-10(25)7-16(4,5)13(19)20/h8H,5-7,9H2,1-4H3,(H,20,21,24);7-8,14H,9H2,1-6H3,(H,21,22,24);6,13H,7H2,1-5H3,(H,21,22,25). The lowest BCUT2D eigenvalue weighted by Crippen LogP contribution is -2.38. The minimum Gasteiger partial charge on any atom is -0.296 e. The Hall–Kier alpha value is -4.66. The highest BCUT2D eigenvalue weighted by molar-refractivity contribution is 9.10. The van der Waals surface area contributed by atoms with E-state index in [4.69, 9.17) is 34.8 Å². The van der Waals surface area contributed by atoms with E-state index in [0.29, 0.717) is 50.3 Å². The maximum atomic E-state index is 13.0. The van der Waals surface area contributed by atoms with Gasteiger partial charge >= 0.3 is 0 Å². The van der Waals surface area contributed by atoms with Gasteiger partial charge in [-0.2, -0.15) is 0 Å². The normalized spacial score (nSPS) is 14.2. The highest BCUT2D eigenvalue weighted by Gasteiger charge is 2.39. The second-order valence-corrected chi connectivity index (χ2v) is 25.3. The van der Waals surface area contributed by atoms with Crippen LogP contribution in [-0.4, -0.2) is 74.2 Å². The fourth-order valence-corrected chi connectivity index (χ4v) is 8.61. The number of amides is 3. The summed E-state index contributed by atoms with van der Waals surface area (Å²) in [6.07, 6.45) is -2.14. The van der Waals surface area contributed by atoms with Gasteiger partial charge in [-0.3, -0.25) is 44.0 Å². The van der Waals surface area contributed by atoms with Crippen molar-refractivity contribution >= 4 is 120 Å². The largest absolute Gasteiger partial charge is 0.296 e. The molecule has 15 nitrogen and oxygen atoms in total. The first-order valence-electron chi connectivity index (χ1n) is 23.7. The zero-order valence-electron chi connectivity index (χ0n) is 44.0. The van der Waals surface area contributed by atoms with E-state index in [1.807, 2.05) is 96.6 Å². The lowest BCUT2D eigenvalue weighted by molar-refractivity contribution is -0.121. The minimum absolute atomic E-state index is 0.0351. The molecule has 1 aliphatic rings. The predicted octanol–water partition coefficient (Wildman–Crippen LogP) is 14.3. The molecule has 0 bridgehead atoms. The molecule has 6 heterocycles. The number of aryl methyl sites for hydroxylation is 1. The van der Waals surface area contributed by atoms with Crippen LogP contribution >= 0.6 is 50.7 Å². The fraction of sp³-hybridized carbons (Fsp3) is 0.580. The highest BCUT2D eigenvalue weighted by atomic mass is 79.9. The number of rotatable bonds is 11. The van der Waals surface area contributed by atoms with Crippen molar-refractivity contribution in [3.63, 3.8) is 0 Å². The predicted molar refractivity (Wildman–Crippen MR) is 286 cm³/mol. The zero-order chi connectivity index (χ0) is 55.1. The molecule has 0 unspecified atom stereocenters. The van der Waals surface area contributed by atoms with Crippen LogP contribution in [0.25, 0.3) is 33.5 Å². The molecule has 6 aromatic heterocycles. The number of imidazole rings is 3. The molecule has 0 aromatic carbocycles. The van der Waals surface area contributed by atoms with Crippen molar-refractivity contribution in [1.82, 2.24) is 43.6 Å². The van der Waals surface area contributed by atoms with Gasteiger partial charge in [0.15, 0.2) is 16.9 Å². The Balaban J connectivity index is 0.000000203. The van der Waals surface area contributed by atoms with Crippen LogP contribution < -0.4 is 16.0 Å². The molecule has 0 radical (unpaired) electrons. The second-order valence-electron chi connectivity index (χ2n) is 23.3. The Kier molecular flexibility index (Phi) is 17.8. The van der Waals surface area contributed by atoms with Crippen molar-refractivity contribution in [1.29, 1.82) is 0 Å². The molecule has 1 aliphatic carbocycles. The molecular weight excluding hydrogens is 1080 g/mol. The second kappa shape index (κ2) is 21.9. The average Bonchev–Trinajstić information content (AvgIpc) is 3.86. The number of halogens is 8. The Labute approximate surface area is 446 Å². The van der Waals surface area contributed by atoms with E-state index in [0.717, 1.165) is 36.1 Å². The molecular formula is C50H66BrCl3F4N12O3.